The Balaban J connectivity index is 2.17. The van der Waals surface area contributed by atoms with Crippen molar-refractivity contribution in [3.8, 4) is 0 Å². The Morgan fingerprint density at radius 3 is 2.88 bits per heavy atom. The van der Waals surface area contributed by atoms with Gasteiger partial charge in [-0.3, -0.25) is 4.79 Å². The lowest BCUT2D eigenvalue weighted by molar-refractivity contribution is 0.103. The van der Waals surface area contributed by atoms with Gasteiger partial charge in [0.25, 0.3) is 5.91 Å². The summed E-state index contributed by atoms with van der Waals surface area (Å²) in [7, 11) is 0. The number of carbonyl (C=O) groups is 1. The van der Waals surface area contributed by atoms with E-state index in [1.54, 1.807) is 24.4 Å². The summed E-state index contributed by atoms with van der Waals surface area (Å²) in [6.45, 7) is 1.95. The number of hydrogen-bond acceptors (Lipinski definition) is 3. The highest BCUT2D eigenvalue weighted by molar-refractivity contribution is 7.14. The Morgan fingerprint density at radius 2 is 2.25 bits per heavy atom. The molecule has 1 N–H and O–H groups in total. The molecule has 0 radical (unpaired) electrons. The molecule has 0 aromatic carbocycles. The van der Waals surface area contributed by atoms with Gasteiger partial charge in [0.2, 0.25) is 0 Å². The first-order valence-electron chi connectivity index (χ1n) is 4.65. The maximum atomic E-state index is 11.8. The summed E-state index contributed by atoms with van der Waals surface area (Å²) in [5.41, 5.74) is 0. The van der Waals surface area contributed by atoms with Crippen molar-refractivity contribution in [1.29, 1.82) is 0 Å². The third kappa shape index (κ3) is 2.40. The van der Waals surface area contributed by atoms with Crippen molar-refractivity contribution in [3.05, 3.63) is 45.2 Å². The van der Waals surface area contributed by atoms with Gasteiger partial charge in [-0.15, -0.1) is 11.3 Å². The first kappa shape index (κ1) is 11.1. The first-order chi connectivity index (χ1) is 7.66. The summed E-state index contributed by atoms with van der Waals surface area (Å²) in [4.78, 5) is 17.5. The van der Waals surface area contributed by atoms with Gasteiger partial charge in [0, 0.05) is 11.1 Å². The van der Waals surface area contributed by atoms with Crippen LogP contribution in [0.4, 0.5) is 5.82 Å². The second-order valence-corrected chi connectivity index (χ2v) is 4.89. The highest BCUT2D eigenvalue weighted by Gasteiger charge is 2.10. The van der Waals surface area contributed by atoms with E-state index in [0.717, 1.165) is 4.88 Å². The zero-order chi connectivity index (χ0) is 11.5. The molecule has 0 fully saturated rings. The average molecular weight is 253 g/mol. The SMILES string of the molecule is Cc1ccc(C(=O)Nc2ncccc2Cl)s1. The molecule has 2 aromatic rings. The number of carbonyl (C=O) groups excluding carboxylic acids is 1. The number of anilines is 1. The number of pyridine rings is 1. The molecule has 0 spiro atoms. The summed E-state index contributed by atoms with van der Waals surface area (Å²) in [5, 5.41) is 3.10. The Morgan fingerprint density at radius 1 is 1.44 bits per heavy atom. The molecule has 3 nitrogen and oxygen atoms in total. The van der Waals surface area contributed by atoms with E-state index >= 15 is 0 Å². The van der Waals surface area contributed by atoms with Crippen molar-refractivity contribution in [3.63, 3.8) is 0 Å². The van der Waals surface area contributed by atoms with Crippen LogP contribution in [0.5, 0.6) is 0 Å². The number of amides is 1. The van der Waals surface area contributed by atoms with E-state index < -0.39 is 0 Å². The summed E-state index contributed by atoms with van der Waals surface area (Å²) >= 11 is 7.33. The van der Waals surface area contributed by atoms with E-state index in [4.69, 9.17) is 11.6 Å². The predicted molar refractivity (Wildman–Crippen MR) is 66.3 cm³/mol. The molecule has 16 heavy (non-hydrogen) atoms. The smallest absolute Gasteiger partial charge is 0.266 e. The molecule has 2 rings (SSSR count). The Kier molecular flexibility index (Phi) is 3.22. The highest BCUT2D eigenvalue weighted by Crippen LogP contribution is 2.20. The van der Waals surface area contributed by atoms with Gasteiger partial charge in [-0.1, -0.05) is 11.6 Å². The van der Waals surface area contributed by atoms with Crippen LogP contribution in [-0.2, 0) is 0 Å². The molecule has 2 heterocycles. The van der Waals surface area contributed by atoms with Crippen LogP contribution in [0, 0.1) is 6.92 Å². The highest BCUT2D eigenvalue weighted by atomic mass is 35.5. The van der Waals surface area contributed by atoms with Crippen LogP contribution in [0.1, 0.15) is 14.5 Å². The van der Waals surface area contributed by atoms with Crippen LogP contribution in [-0.4, -0.2) is 10.9 Å². The van der Waals surface area contributed by atoms with Crippen LogP contribution in [0.3, 0.4) is 0 Å². The zero-order valence-electron chi connectivity index (χ0n) is 8.53. The number of rotatable bonds is 2. The number of thiophene rings is 1. The lowest BCUT2D eigenvalue weighted by atomic mass is 10.4. The Bertz CT molecular complexity index is 524. The minimum absolute atomic E-state index is 0.182. The summed E-state index contributed by atoms with van der Waals surface area (Å²) in [5.74, 6) is 0.207. The standard InChI is InChI=1S/C11H9ClN2OS/c1-7-4-5-9(16-7)11(15)14-10-8(12)3-2-6-13-10/h2-6H,1H3,(H,13,14,15). The van der Waals surface area contributed by atoms with Crippen molar-refractivity contribution in [1.82, 2.24) is 4.98 Å². The number of aryl methyl sites for hydroxylation is 1. The molecular formula is C11H9ClN2OS. The maximum absolute atomic E-state index is 11.8. The largest absolute Gasteiger partial charge is 0.305 e. The summed E-state index contributed by atoms with van der Waals surface area (Å²) < 4.78 is 0. The van der Waals surface area contributed by atoms with Crippen LogP contribution in [0.2, 0.25) is 5.02 Å². The number of halogens is 1. The van der Waals surface area contributed by atoms with Crippen molar-refractivity contribution < 1.29 is 4.79 Å². The van der Waals surface area contributed by atoms with Crippen LogP contribution >= 0.6 is 22.9 Å². The molecule has 0 atom stereocenters. The normalized spacial score (nSPS) is 10.1. The number of hydrogen-bond donors (Lipinski definition) is 1. The van der Waals surface area contributed by atoms with Gasteiger partial charge in [0.05, 0.1) is 9.90 Å². The van der Waals surface area contributed by atoms with Gasteiger partial charge < -0.3 is 5.32 Å². The number of aromatic nitrogens is 1. The summed E-state index contributed by atoms with van der Waals surface area (Å²) in [6.07, 6.45) is 1.58. The van der Waals surface area contributed by atoms with E-state index in [0.29, 0.717) is 15.7 Å². The average Bonchev–Trinajstić information content (AvgIpc) is 2.68. The molecule has 0 aliphatic heterocycles. The molecule has 0 saturated heterocycles. The molecule has 0 aliphatic rings. The molecule has 5 heteroatoms. The lowest BCUT2D eigenvalue weighted by Gasteiger charge is -2.03. The van der Waals surface area contributed by atoms with Gasteiger partial charge >= 0.3 is 0 Å². The third-order valence-corrected chi connectivity index (χ3v) is 3.26. The molecule has 0 saturated carbocycles. The monoisotopic (exact) mass is 252 g/mol. The summed E-state index contributed by atoms with van der Waals surface area (Å²) in [6, 6.07) is 7.09. The number of nitrogens with one attached hydrogen (secondary N) is 1. The van der Waals surface area contributed by atoms with Crippen LogP contribution < -0.4 is 5.32 Å². The predicted octanol–water partition coefficient (Wildman–Crippen LogP) is 3.36. The fourth-order valence-electron chi connectivity index (χ4n) is 1.20. The fraction of sp³-hybridized carbons (Fsp3) is 0.0909. The first-order valence-corrected chi connectivity index (χ1v) is 5.84. The Labute approximate surface area is 102 Å². The van der Waals surface area contributed by atoms with E-state index in [2.05, 4.69) is 10.3 Å². The second kappa shape index (κ2) is 4.63. The van der Waals surface area contributed by atoms with Crippen molar-refractivity contribution in [2.24, 2.45) is 0 Å². The minimum Gasteiger partial charge on any atom is -0.305 e. The molecule has 0 aliphatic carbocycles. The van der Waals surface area contributed by atoms with Crippen molar-refractivity contribution in [2.45, 2.75) is 6.92 Å². The fourth-order valence-corrected chi connectivity index (χ4v) is 2.13. The third-order valence-electron chi connectivity index (χ3n) is 1.95. The second-order valence-electron chi connectivity index (χ2n) is 3.20. The van der Waals surface area contributed by atoms with Gasteiger partial charge in [-0.05, 0) is 31.2 Å². The lowest BCUT2D eigenvalue weighted by Crippen LogP contribution is -2.11. The molecule has 1 amide bonds. The molecule has 0 bridgehead atoms. The quantitative estimate of drug-likeness (QED) is 0.891. The van der Waals surface area contributed by atoms with Crippen LogP contribution in [0.15, 0.2) is 30.5 Å². The van der Waals surface area contributed by atoms with Gasteiger partial charge in [-0.25, -0.2) is 4.98 Å². The maximum Gasteiger partial charge on any atom is 0.266 e. The van der Waals surface area contributed by atoms with E-state index in [9.17, 15) is 4.79 Å². The Hall–Kier alpha value is -1.39. The van der Waals surface area contributed by atoms with Crippen molar-refractivity contribution in [2.75, 3.05) is 5.32 Å². The van der Waals surface area contributed by atoms with Gasteiger partial charge in [0.1, 0.15) is 0 Å². The van der Waals surface area contributed by atoms with Crippen LogP contribution in [0.25, 0.3) is 0 Å². The zero-order valence-corrected chi connectivity index (χ0v) is 10.1. The molecule has 0 unspecified atom stereocenters. The minimum atomic E-state index is -0.182. The molecule has 2 aromatic heterocycles. The topological polar surface area (TPSA) is 42.0 Å². The van der Waals surface area contributed by atoms with E-state index in [1.165, 1.54) is 11.3 Å². The molecular weight excluding hydrogens is 244 g/mol. The number of nitrogens with zero attached hydrogens (tertiary/aromatic N) is 1. The molecule has 82 valence electrons. The van der Waals surface area contributed by atoms with Gasteiger partial charge in [0.15, 0.2) is 5.82 Å². The van der Waals surface area contributed by atoms with E-state index in [-0.39, 0.29) is 5.91 Å². The van der Waals surface area contributed by atoms with Crippen molar-refractivity contribution >= 4 is 34.7 Å². The van der Waals surface area contributed by atoms with E-state index in [1.807, 2.05) is 13.0 Å². The van der Waals surface area contributed by atoms with Gasteiger partial charge in [-0.2, -0.15) is 0 Å².